The molecule has 0 amide bonds. The van der Waals surface area contributed by atoms with Crippen molar-refractivity contribution in [1.29, 1.82) is 0 Å². The van der Waals surface area contributed by atoms with Crippen molar-refractivity contribution in [1.82, 2.24) is 9.80 Å². The molecule has 0 saturated carbocycles. The average molecular weight is 441 g/mol. The molecule has 0 unspecified atom stereocenters. The molecule has 0 aromatic heterocycles. The van der Waals surface area contributed by atoms with Gasteiger partial charge < -0.3 is 4.74 Å². The molecule has 5 nitrogen and oxygen atoms in total. The van der Waals surface area contributed by atoms with Crippen LogP contribution in [-0.4, -0.2) is 54.7 Å². The van der Waals surface area contributed by atoms with Crippen LogP contribution in [0.4, 0.5) is 0 Å². The first-order valence-electron chi connectivity index (χ1n) is 11.4. The highest BCUT2D eigenvalue weighted by Crippen LogP contribution is 2.43. The smallest absolute Gasteiger partial charge is 0.196 e. The Morgan fingerprint density at radius 1 is 0.818 bits per heavy atom. The minimum atomic E-state index is -1.34. The van der Waals surface area contributed by atoms with E-state index in [0.717, 1.165) is 19.6 Å². The van der Waals surface area contributed by atoms with E-state index in [-0.39, 0.29) is 11.6 Å². The summed E-state index contributed by atoms with van der Waals surface area (Å²) in [6, 6.07) is 23.2. The van der Waals surface area contributed by atoms with E-state index in [1.165, 1.54) is 11.1 Å². The molecule has 5 heteroatoms. The quantitative estimate of drug-likeness (QED) is 0.559. The van der Waals surface area contributed by atoms with E-state index in [0.29, 0.717) is 35.5 Å². The van der Waals surface area contributed by atoms with E-state index in [2.05, 4.69) is 41.0 Å². The number of methoxy groups -OCH3 is 1. The molecule has 2 aliphatic rings. The van der Waals surface area contributed by atoms with Crippen LogP contribution in [-0.2, 0) is 12.1 Å². The molecule has 1 saturated heterocycles. The Morgan fingerprint density at radius 3 is 2.12 bits per heavy atom. The van der Waals surface area contributed by atoms with Crippen LogP contribution in [0.2, 0.25) is 0 Å². The maximum atomic E-state index is 13.9. The Kier molecular flexibility index (Phi) is 5.60. The summed E-state index contributed by atoms with van der Waals surface area (Å²) < 4.78 is 5.44. The fraction of sp³-hybridized carbons (Fsp3) is 0.286. The summed E-state index contributed by atoms with van der Waals surface area (Å²) in [6.07, 6.45) is 0. The van der Waals surface area contributed by atoms with E-state index in [9.17, 15) is 9.59 Å². The van der Waals surface area contributed by atoms with Crippen molar-refractivity contribution in [3.05, 3.63) is 101 Å². The van der Waals surface area contributed by atoms with Crippen LogP contribution in [0.15, 0.2) is 72.8 Å². The normalized spacial score (nSPS) is 18.4. The lowest BCUT2D eigenvalue weighted by atomic mass is 9.82. The van der Waals surface area contributed by atoms with Crippen molar-refractivity contribution in [2.45, 2.75) is 19.0 Å². The molecular weight excluding hydrogens is 412 g/mol. The van der Waals surface area contributed by atoms with Gasteiger partial charge in [0.05, 0.1) is 7.11 Å². The predicted octanol–water partition coefficient (Wildman–Crippen LogP) is 4.10. The van der Waals surface area contributed by atoms with Crippen LogP contribution in [0, 0.1) is 6.92 Å². The second kappa shape index (κ2) is 8.58. The van der Waals surface area contributed by atoms with Gasteiger partial charge in [-0.3, -0.25) is 19.4 Å². The summed E-state index contributed by atoms with van der Waals surface area (Å²) >= 11 is 0. The Balaban J connectivity index is 1.48. The van der Waals surface area contributed by atoms with Crippen LogP contribution < -0.4 is 4.74 Å². The molecule has 1 aliphatic heterocycles. The molecule has 0 spiro atoms. The number of ether oxygens (including phenoxy) is 1. The van der Waals surface area contributed by atoms with Crippen molar-refractivity contribution < 1.29 is 14.3 Å². The van der Waals surface area contributed by atoms with Crippen molar-refractivity contribution in [2.75, 3.05) is 33.3 Å². The largest absolute Gasteiger partial charge is 0.497 e. The lowest BCUT2D eigenvalue weighted by Gasteiger charge is -2.44. The highest BCUT2D eigenvalue weighted by molar-refractivity contribution is 6.32. The zero-order chi connectivity index (χ0) is 23.0. The molecule has 0 N–H and O–H groups in total. The summed E-state index contributed by atoms with van der Waals surface area (Å²) in [5, 5.41) is 0. The molecule has 33 heavy (non-hydrogen) atoms. The van der Waals surface area contributed by atoms with E-state index < -0.39 is 5.54 Å². The number of nitrogens with zero attached hydrogens (tertiary/aromatic N) is 2. The highest BCUT2D eigenvalue weighted by Gasteiger charge is 2.58. The fourth-order valence-electron chi connectivity index (χ4n) is 5.26. The molecule has 0 radical (unpaired) electrons. The maximum Gasteiger partial charge on any atom is 0.196 e. The van der Waals surface area contributed by atoms with Gasteiger partial charge >= 0.3 is 0 Å². The van der Waals surface area contributed by atoms with Gasteiger partial charge in [-0.15, -0.1) is 0 Å². The van der Waals surface area contributed by atoms with Gasteiger partial charge in [0.15, 0.2) is 17.1 Å². The van der Waals surface area contributed by atoms with Gasteiger partial charge in [0.1, 0.15) is 5.75 Å². The average Bonchev–Trinajstić information content (AvgIpc) is 3.07. The van der Waals surface area contributed by atoms with Crippen LogP contribution in [0.5, 0.6) is 5.75 Å². The summed E-state index contributed by atoms with van der Waals surface area (Å²) in [5.74, 6) is 0.369. The minimum Gasteiger partial charge on any atom is -0.497 e. The summed E-state index contributed by atoms with van der Waals surface area (Å²) in [4.78, 5) is 32.3. The lowest BCUT2D eigenvalue weighted by molar-refractivity contribution is 0.0279. The first-order chi connectivity index (χ1) is 16.0. The molecule has 3 aromatic carbocycles. The fourth-order valence-corrected chi connectivity index (χ4v) is 5.26. The third kappa shape index (κ3) is 3.58. The van der Waals surface area contributed by atoms with Gasteiger partial charge in [0, 0.05) is 43.9 Å². The third-order valence-corrected chi connectivity index (χ3v) is 6.90. The number of ketones is 2. The zero-order valence-corrected chi connectivity index (χ0v) is 19.1. The molecule has 1 heterocycles. The SMILES string of the molecule is COc1cccc(C2(N3CCN(Cc4cccc(C)c4)CC3)C(=O)c3ccccc3C2=O)c1. The number of rotatable bonds is 5. The molecule has 0 atom stereocenters. The summed E-state index contributed by atoms with van der Waals surface area (Å²) in [6.45, 7) is 5.81. The van der Waals surface area contributed by atoms with Crippen LogP contribution in [0.25, 0.3) is 0 Å². The number of aryl methyl sites for hydroxylation is 1. The Morgan fingerprint density at radius 2 is 1.48 bits per heavy atom. The number of Topliss-reactive ketones (excluding diaryl/α,β-unsaturated/α-hetero) is 2. The number of benzene rings is 3. The van der Waals surface area contributed by atoms with Crippen LogP contribution in [0.3, 0.4) is 0 Å². The minimum absolute atomic E-state index is 0.136. The second-order valence-electron chi connectivity index (χ2n) is 8.90. The van der Waals surface area contributed by atoms with Gasteiger partial charge in [-0.25, -0.2) is 0 Å². The highest BCUT2D eigenvalue weighted by atomic mass is 16.5. The van der Waals surface area contributed by atoms with Gasteiger partial charge in [-0.2, -0.15) is 0 Å². The predicted molar refractivity (Wildman–Crippen MR) is 128 cm³/mol. The zero-order valence-electron chi connectivity index (χ0n) is 19.1. The van der Waals surface area contributed by atoms with Gasteiger partial charge in [-0.05, 0) is 30.2 Å². The van der Waals surface area contributed by atoms with Gasteiger partial charge in [0.25, 0.3) is 0 Å². The van der Waals surface area contributed by atoms with Gasteiger partial charge in [0.2, 0.25) is 0 Å². The Hall–Kier alpha value is -3.28. The van der Waals surface area contributed by atoms with Crippen molar-refractivity contribution >= 4 is 11.6 Å². The summed E-state index contributed by atoms with van der Waals surface area (Å²) in [7, 11) is 1.60. The topological polar surface area (TPSA) is 49.9 Å². The third-order valence-electron chi connectivity index (χ3n) is 6.90. The first kappa shape index (κ1) is 21.6. The molecule has 5 rings (SSSR count). The van der Waals surface area contributed by atoms with E-state index in [1.807, 2.05) is 36.4 Å². The van der Waals surface area contributed by atoms with Crippen LogP contribution in [0.1, 0.15) is 37.4 Å². The number of hydrogen-bond donors (Lipinski definition) is 0. The van der Waals surface area contributed by atoms with E-state index in [1.54, 1.807) is 19.2 Å². The second-order valence-corrected chi connectivity index (χ2v) is 8.90. The molecule has 3 aromatic rings. The van der Waals surface area contributed by atoms with E-state index >= 15 is 0 Å². The summed E-state index contributed by atoms with van der Waals surface area (Å²) in [5.41, 5.74) is 2.89. The van der Waals surface area contributed by atoms with Crippen molar-refractivity contribution in [3.8, 4) is 5.75 Å². The molecule has 1 aliphatic carbocycles. The lowest BCUT2D eigenvalue weighted by Crippen LogP contribution is -2.60. The van der Waals surface area contributed by atoms with Gasteiger partial charge in [-0.1, -0.05) is 66.2 Å². The monoisotopic (exact) mass is 440 g/mol. The number of piperazine rings is 1. The van der Waals surface area contributed by atoms with Crippen molar-refractivity contribution in [3.63, 3.8) is 0 Å². The maximum absolute atomic E-state index is 13.9. The molecule has 0 bridgehead atoms. The van der Waals surface area contributed by atoms with Crippen molar-refractivity contribution in [2.24, 2.45) is 0 Å². The standard InChI is InChI=1S/C28H28N2O3/c1-20-7-5-8-21(17-20)19-29-13-15-30(16-14-29)28(22-9-6-10-23(18-22)33-2)26(31)24-11-3-4-12-25(24)27(28)32/h3-12,17-18H,13-16,19H2,1-2H3. The molecular formula is C28H28N2O3. The number of hydrogen-bond acceptors (Lipinski definition) is 5. The Bertz CT molecular complexity index is 1180. The van der Waals surface area contributed by atoms with E-state index in [4.69, 9.17) is 4.74 Å². The number of fused-ring (bicyclic) bond motifs is 1. The first-order valence-corrected chi connectivity index (χ1v) is 11.4. The Labute approximate surface area is 194 Å². The van der Waals surface area contributed by atoms with Crippen LogP contribution >= 0.6 is 0 Å². The molecule has 1 fully saturated rings. The molecule has 168 valence electrons. The number of carbonyl (C=O) groups excluding carboxylic acids is 2. The number of carbonyl (C=O) groups is 2.